The zero-order valence-corrected chi connectivity index (χ0v) is 10.7. The summed E-state index contributed by atoms with van der Waals surface area (Å²) in [4.78, 5) is 22.2. The molecule has 0 spiro atoms. The lowest BCUT2D eigenvalue weighted by molar-refractivity contribution is -0.139. The average Bonchev–Trinajstić information content (AvgIpc) is 2.97. The Morgan fingerprint density at radius 1 is 1.33 bits per heavy atom. The number of tetrazole rings is 1. The molecule has 1 heterocycles. The molecule has 0 aliphatic heterocycles. The number of ether oxygens (including phenoxy) is 1. The van der Waals surface area contributed by atoms with Gasteiger partial charge in [-0.25, -0.2) is 9.59 Å². The van der Waals surface area contributed by atoms with Gasteiger partial charge in [0, 0.05) is 0 Å². The molecule has 2 aromatic rings. The summed E-state index contributed by atoms with van der Waals surface area (Å²) in [5.74, 6) is -0.512. The molecule has 0 atom stereocenters. The second-order valence-electron chi connectivity index (χ2n) is 3.81. The van der Waals surface area contributed by atoms with E-state index < -0.39 is 18.6 Å². The van der Waals surface area contributed by atoms with E-state index in [1.165, 1.54) is 0 Å². The molecule has 0 radical (unpaired) electrons. The Morgan fingerprint density at radius 2 is 2.14 bits per heavy atom. The van der Waals surface area contributed by atoms with E-state index in [-0.39, 0.29) is 12.3 Å². The fraction of sp³-hybridized carbons (Fsp3) is 0.182. The third-order valence-corrected chi connectivity index (χ3v) is 2.28. The quantitative estimate of drug-likeness (QED) is 0.586. The number of aliphatic carboxylic acids is 1. The molecule has 1 aromatic heterocycles. The van der Waals surface area contributed by atoms with E-state index in [0.717, 1.165) is 0 Å². The van der Waals surface area contributed by atoms with Crippen LogP contribution in [0.3, 0.4) is 0 Å². The highest BCUT2D eigenvalue weighted by atomic mass is 16.5. The Balaban J connectivity index is 1.92. The van der Waals surface area contributed by atoms with Crippen LogP contribution in [0.4, 0.5) is 10.5 Å². The van der Waals surface area contributed by atoms with Crippen LogP contribution in [0.1, 0.15) is 5.82 Å². The maximum absolute atomic E-state index is 11.7. The largest absolute Gasteiger partial charge is 0.480 e. The number of nitrogens with one attached hydrogen (secondary N) is 3. The van der Waals surface area contributed by atoms with Gasteiger partial charge >= 0.3 is 12.0 Å². The maximum Gasteiger partial charge on any atom is 0.341 e. The van der Waals surface area contributed by atoms with Crippen molar-refractivity contribution in [2.24, 2.45) is 0 Å². The minimum atomic E-state index is -1.11. The highest BCUT2D eigenvalue weighted by Crippen LogP contribution is 2.23. The fourth-order valence-electron chi connectivity index (χ4n) is 1.42. The first kappa shape index (κ1) is 14.2. The van der Waals surface area contributed by atoms with Gasteiger partial charge in [-0.15, -0.1) is 10.2 Å². The van der Waals surface area contributed by atoms with E-state index in [2.05, 4.69) is 31.3 Å². The number of H-pyrrole nitrogens is 1. The molecule has 4 N–H and O–H groups in total. The Labute approximate surface area is 118 Å². The van der Waals surface area contributed by atoms with Crippen molar-refractivity contribution in [1.82, 2.24) is 25.9 Å². The van der Waals surface area contributed by atoms with Crippen molar-refractivity contribution in [2.75, 3.05) is 11.9 Å². The third kappa shape index (κ3) is 4.45. The molecule has 0 unspecified atom stereocenters. The van der Waals surface area contributed by atoms with Gasteiger partial charge in [0.2, 0.25) is 0 Å². The summed E-state index contributed by atoms with van der Waals surface area (Å²) in [6.45, 7) is -0.399. The number of nitrogens with zero attached hydrogens (tertiary/aromatic N) is 3. The monoisotopic (exact) mass is 292 g/mol. The Kier molecular flexibility index (Phi) is 4.64. The molecular formula is C11H12N6O4. The molecule has 0 saturated carbocycles. The van der Waals surface area contributed by atoms with Crippen LogP contribution in [0, 0.1) is 0 Å². The molecule has 0 fully saturated rings. The third-order valence-electron chi connectivity index (χ3n) is 2.28. The second kappa shape index (κ2) is 6.84. The molecule has 2 amide bonds. The zero-order valence-electron chi connectivity index (χ0n) is 10.7. The van der Waals surface area contributed by atoms with Crippen LogP contribution in [0.25, 0.3) is 0 Å². The van der Waals surface area contributed by atoms with Crippen LogP contribution in [0.2, 0.25) is 0 Å². The lowest BCUT2D eigenvalue weighted by atomic mass is 10.3. The zero-order chi connectivity index (χ0) is 15.1. The van der Waals surface area contributed by atoms with Crippen LogP contribution >= 0.6 is 0 Å². The minimum absolute atomic E-state index is 0.0977. The van der Waals surface area contributed by atoms with Gasteiger partial charge in [0.05, 0.1) is 12.2 Å². The fourth-order valence-corrected chi connectivity index (χ4v) is 1.42. The van der Waals surface area contributed by atoms with Crippen molar-refractivity contribution < 1.29 is 19.4 Å². The van der Waals surface area contributed by atoms with E-state index >= 15 is 0 Å². The van der Waals surface area contributed by atoms with Gasteiger partial charge in [0.15, 0.2) is 12.4 Å². The molecule has 0 bridgehead atoms. The number of aromatic nitrogens is 4. The topological polar surface area (TPSA) is 142 Å². The summed E-state index contributed by atoms with van der Waals surface area (Å²) in [5, 5.41) is 26.6. The first-order valence-corrected chi connectivity index (χ1v) is 5.86. The van der Waals surface area contributed by atoms with Crippen LogP contribution in [-0.4, -0.2) is 44.3 Å². The van der Waals surface area contributed by atoms with Gasteiger partial charge in [-0.2, -0.15) is 5.21 Å². The first-order chi connectivity index (χ1) is 10.1. The highest BCUT2D eigenvalue weighted by Gasteiger charge is 2.09. The van der Waals surface area contributed by atoms with E-state index in [0.29, 0.717) is 11.5 Å². The second-order valence-corrected chi connectivity index (χ2v) is 3.81. The summed E-state index contributed by atoms with van der Waals surface area (Å²) in [7, 11) is 0. The lowest BCUT2D eigenvalue weighted by Crippen LogP contribution is -2.29. The van der Waals surface area contributed by atoms with Crippen LogP contribution in [-0.2, 0) is 11.3 Å². The summed E-state index contributed by atoms with van der Waals surface area (Å²) in [5.41, 5.74) is 0.351. The molecule has 0 aliphatic carbocycles. The van der Waals surface area contributed by atoms with E-state index in [9.17, 15) is 9.59 Å². The molecule has 2 rings (SSSR count). The van der Waals surface area contributed by atoms with Gasteiger partial charge in [-0.05, 0) is 12.1 Å². The number of amides is 2. The number of carbonyl (C=O) groups is 2. The molecule has 110 valence electrons. The Hall–Kier alpha value is -3.17. The van der Waals surface area contributed by atoms with E-state index in [4.69, 9.17) is 9.84 Å². The van der Waals surface area contributed by atoms with Crippen molar-refractivity contribution >= 4 is 17.7 Å². The molecular weight excluding hydrogens is 280 g/mol. The van der Waals surface area contributed by atoms with Crippen molar-refractivity contribution in [3.63, 3.8) is 0 Å². The highest BCUT2D eigenvalue weighted by molar-refractivity contribution is 5.90. The van der Waals surface area contributed by atoms with Crippen molar-refractivity contribution in [1.29, 1.82) is 0 Å². The number of anilines is 1. The van der Waals surface area contributed by atoms with Gasteiger partial charge in [-0.1, -0.05) is 17.3 Å². The van der Waals surface area contributed by atoms with Gasteiger partial charge in [0.1, 0.15) is 5.75 Å². The Morgan fingerprint density at radius 3 is 2.86 bits per heavy atom. The van der Waals surface area contributed by atoms with E-state index in [1.807, 2.05) is 0 Å². The number of hydrogen-bond donors (Lipinski definition) is 4. The van der Waals surface area contributed by atoms with Crippen molar-refractivity contribution in [2.45, 2.75) is 6.54 Å². The summed E-state index contributed by atoms with van der Waals surface area (Å²) < 4.78 is 5.07. The molecule has 0 aliphatic rings. The SMILES string of the molecule is O=C(O)COc1ccccc1NC(=O)NCc1nn[nH]n1. The van der Waals surface area contributed by atoms with Gasteiger partial charge in [0.25, 0.3) is 0 Å². The standard InChI is InChI=1S/C11H12N6O4/c18-10(19)6-21-8-4-2-1-3-7(8)13-11(20)12-5-9-14-16-17-15-9/h1-4H,5-6H2,(H,18,19)(H2,12,13,20)(H,14,15,16,17). The lowest BCUT2D eigenvalue weighted by Gasteiger charge is -2.11. The number of urea groups is 1. The maximum atomic E-state index is 11.7. The van der Waals surface area contributed by atoms with E-state index in [1.54, 1.807) is 24.3 Å². The number of para-hydroxylation sites is 2. The molecule has 21 heavy (non-hydrogen) atoms. The number of aromatic amines is 1. The molecule has 0 saturated heterocycles. The first-order valence-electron chi connectivity index (χ1n) is 5.86. The number of benzene rings is 1. The van der Waals surface area contributed by atoms with Gasteiger partial charge in [-0.3, -0.25) is 0 Å². The number of carboxylic acids is 1. The normalized spacial score (nSPS) is 9.90. The Bertz CT molecular complexity index is 615. The van der Waals surface area contributed by atoms with Gasteiger partial charge < -0.3 is 20.5 Å². The summed E-state index contributed by atoms with van der Waals surface area (Å²) in [6.07, 6.45) is 0. The summed E-state index contributed by atoms with van der Waals surface area (Å²) >= 11 is 0. The molecule has 10 nitrogen and oxygen atoms in total. The molecule has 1 aromatic carbocycles. The number of carbonyl (C=O) groups excluding carboxylic acids is 1. The number of carboxylic acid groups (broad SMARTS) is 1. The molecule has 10 heteroatoms. The summed E-state index contributed by atoms with van der Waals surface area (Å²) in [6, 6.07) is 5.98. The number of rotatable bonds is 6. The van der Waals surface area contributed by atoms with Crippen molar-refractivity contribution in [3.8, 4) is 5.75 Å². The average molecular weight is 292 g/mol. The van der Waals surface area contributed by atoms with Crippen LogP contribution in [0.5, 0.6) is 5.75 Å². The van der Waals surface area contributed by atoms with Crippen LogP contribution < -0.4 is 15.4 Å². The van der Waals surface area contributed by atoms with Crippen molar-refractivity contribution in [3.05, 3.63) is 30.1 Å². The predicted octanol–water partition coefficient (Wildman–Crippen LogP) is -0.0152. The van der Waals surface area contributed by atoms with Crippen LogP contribution in [0.15, 0.2) is 24.3 Å². The smallest absolute Gasteiger partial charge is 0.341 e. The predicted molar refractivity (Wildman–Crippen MR) is 69.6 cm³/mol. The number of hydrogen-bond acceptors (Lipinski definition) is 6. The minimum Gasteiger partial charge on any atom is -0.480 e.